The van der Waals surface area contributed by atoms with Gasteiger partial charge in [0, 0.05) is 10.9 Å². The largest absolute Gasteiger partial charge is 0.461 e. The summed E-state index contributed by atoms with van der Waals surface area (Å²) in [6, 6.07) is 7.31. The molecule has 1 aromatic rings. The zero-order valence-electron chi connectivity index (χ0n) is 14.8. The Hall–Kier alpha value is -1.10. The molecule has 0 unspecified atom stereocenters. The lowest BCUT2D eigenvalue weighted by Crippen LogP contribution is -2.40. The number of halogens is 1. The predicted octanol–water partition coefficient (Wildman–Crippen LogP) is 3.59. The third-order valence-corrected chi connectivity index (χ3v) is 5.93. The summed E-state index contributed by atoms with van der Waals surface area (Å²) in [7, 11) is 0. The van der Waals surface area contributed by atoms with Gasteiger partial charge in [-0.1, -0.05) is 49.4 Å². The van der Waals surface area contributed by atoms with Gasteiger partial charge in [-0.15, -0.1) is 0 Å². The molecule has 25 heavy (non-hydrogen) atoms. The second-order valence-corrected chi connectivity index (χ2v) is 7.93. The normalized spacial score (nSPS) is 31.9. The standard InChI is InChI=1S/C20H28ClNO3/c1-13-19(15-4-2-3-5-15)16(10-14-6-8-17(21)9-7-14)11-24-12-18(22)20(23)25-13/h6-9,13,15-16,18-19H,2-5,10-12,22H2,1H3/t13-,16-,18-,19+/m0/s1. The van der Waals surface area contributed by atoms with E-state index >= 15 is 0 Å². The van der Waals surface area contributed by atoms with Crippen molar-refractivity contribution >= 4 is 17.6 Å². The minimum absolute atomic E-state index is 0.138. The first-order valence-corrected chi connectivity index (χ1v) is 9.70. The Morgan fingerprint density at radius 3 is 2.52 bits per heavy atom. The third-order valence-electron chi connectivity index (χ3n) is 5.68. The quantitative estimate of drug-likeness (QED) is 0.831. The molecule has 2 N–H and O–H groups in total. The molecule has 1 heterocycles. The molecule has 3 rings (SSSR count). The van der Waals surface area contributed by atoms with Gasteiger partial charge in [0.25, 0.3) is 0 Å². The van der Waals surface area contributed by atoms with Crippen LogP contribution in [-0.4, -0.2) is 31.3 Å². The van der Waals surface area contributed by atoms with Crippen molar-refractivity contribution in [3.05, 3.63) is 34.9 Å². The van der Waals surface area contributed by atoms with E-state index in [2.05, 4.69) is 12.1 Å². The summed E-state index contributed by atoms with van der Waals surface area (Å²) in [5.41, 5.74) is 7.12. The number of benzene rings is 1. The number of cyclic esters (lactones) is 1. The first-order chi connectivity index (χ1) is 12.0. The van der Waals surface area contributed by atoms with Gasteiger partial charge in [-0.2, -0.15) is 0 Å². The molecular formula is C20H28ClNO3. The van der Waals surface area contributed by atoms with Crippen LogP contribution in [-0.2, 0) is 20.7 Å². The number of esters is 1. The summed E-state index contributed by atoms with van der Waals surface area (Å²) < 4.78 is 11.6. The van der Waals surface area contributed by atoms with Gasteiger partial charge >= 0.3 is 5.97 Å². The maximum Gasteiger partial charge on any atom is 0.325 e. The third kappa shape index (κ3) is 4.75. The Labute approximate surface area is 155 Å². The van der Waals surface area contributed by atoms with Gasteiger partial charge < -0.3 is 15.2 Å². The minimum Gasteiger partial charge on any atom is -0.461 e. The van der Waals surface area contributed by atoms with Crippen LogP contribution in [0.15, 0.2) is 24.3 Å². The molecule has 4 nitrogen and oxygen atoms in total. The summed E-state index contributed by atoms with van der Waals surface area (Å²) in [6.07, 6.45) is 5.69. The molecule has 0 bridgehead atoms. The number of carbonyl (C=O) groups excluding carboxylic acids is 1. The number of rotatable bonds is 3. The Bertz CT molecular complexity index is 571. The molecule has 1 aliphatic heterocycles. The average Bonchev–Trinajstić information content (AvgIpc) is 3.10. The summed E-state index contributed by atoms with van der Waals surface area (Å²) in [4.78, 5) is 12.2. The highest BCUT2D eigenvalue weighted by atomic mass is 35.5. The second-order valence-electron chi connectivity index (χ2n) is 7.50. The molecule has 1 saturated carbocycles. The number of carbonyl (C=O) groups is 1. The van der Waals surface area contributed by atoms with Crippen LogP contribution >= 0.6 is 11.6 Å². The van der Waals surface area contributed by atoms with Crippen LogP contribution in [0.1, 0.15) is 38.2 Å². The highest BCUT2D eigenvalue weighted by Crippen LogP contribution is 2.40. The molecule has 1 aromatic carbocycles. The molecule has 0 spiro atoms. The average molecular weight is 366 g/mol. The van der Waals surface area contributed by atoms with Crippen molar-refractivity contribution in [2.45, 2.75) is 51.2 Å². The Kier molecular flexibility index (Phi) is 6.37. The number of nitrogens with two attached hydrogens (primary N) is 1. The number of hydrogen-bond acceptors (Lipinski definition) is 4. The molecule has 5 heteroatoms. The lowest BCUT2D eigenvalue weighted by molar-refractivity contribution is -0.154. The van der Waals surface area contributed by atoms with E-state index < -0.39 is 6.04 Å². The van der Waals surface area contributed by atoms with Crippen LogP contribution in [0.5, 0.6) is 0 Å². The van der Waals surface area contributed by atoms with Gasteiger partial charge in [0.1, 0.15) is 12.1 Å². The molecule has 2 aliphatic rings. The van der Waals surface area contributed by atoms with E-state index in [-0.39, 0.29) is 18.7 Å². The van der Waals surface area contributed by atoms with Crippen molar-refractivity contribution in [2.75, 3.05) is 13.2 Å². The smallest absolute Gasteiger partial charge is 0.325 e. The number of hydrogen-bond donors (Lipinski definition) is 1. The van der Waals surface area contributed by atoms with Crippen molar-refractivity contribution < 1.29 is 14.3 Å². The monoisotopic (exact) mass is 365 g/mol. The van der Waals surface area contributed by atoms with Gasteiger partial charge in [-0.25, -0.2) is 0 Å². The van der Waals surface area contributed by atoms with E-state index in [1.807, 2.05) is 19.1 Å². The highest BCUT2D eigenvalue weighted by Gasteiger charge is 2.39. The van der Waals surface area contributed by atoms with Gasteiger partial charge in [0.2, 0.25) is 0 Å². The van der Waals surface area contributed by atoms with E-state index in [1.165, 1.54) is 31.2 Å². The zero-order chi connectivity index (χ0) is 17.8. The van der Waals surface area contributed by atoms with Crippen LogP contribution in [0.25, 0.3) is 0 Å². The Morgan fingerprint density at radius 2 is 1.84 bits per heavy atom. The molecule has 138 valence electrons. The van der Waals surface area contributed by atoms with Crippen LogP contribution in [0.3, 0.4) is 0 Å². The van der Waals surface area contributed by atoms with Crippen molar-refractivity contribution in [3.63, 3.8) is 0 Å². The van der Waals surface area contributed by atoms with E-state index in [1.54, 1.807) is 0 Å². The molecular weight excluding hydrogens is 338 g/mol. The van der Waals surface area contributed by atoms with E-state index in [4.69, 9.17) is 26.8 Å². The fourth-order valence-electron chi connectivity index (χ4n) is 4.49. The van der Waals surface area contributed by atoms with Crippen molar-refractivity contribution in [2.24, 2.45) is 23.5 Å². The number of ether oxygens (including phenoxy) is 2. The lowest BCUT2D eigenvalue weighted by Gasteiger charge is -2.35. The topological polar surface area (TPSA) is 61.5 Å². The van der Waals surface area contributed by atoms with Gasteiger partial charge in [-0.05, 0) is 42.9 Å². The van der Waals surface area contributed by atoms with Crippen molar-refractivity contribution in [1.29, 1.82) is 0 Å². The minimum atomic E-state index is -0.694. The zero-order valence-corrected chi connectivity index (χ0v) is 15.6. The van der Waals surface area contributed by atoms with Crippen molar-refractivity contribution in [3.8, 4) is 0 Å². The van der Waals surface area contributed by atoms with Crippen LogP contribution < -0.4 is 5.73 Å². The van der Waals surface area contributed by atoms with Gasteiger partial charge in [0.15, 0.2) is 0 Å². The molecule has 0 radical (unpaired) electrons. The van der Waals surface area contributed by atoms with Gasteiger partial charge in [-0.3, -0.25) is 4.79 Å². The van der Waals surface area contributed by atoms with Gasteiger partial charge in [0.05, 0.1) is 13.2 Å². The lowest BCUT2D eigenvalue weighted by atomic mass is 9.75. The second kappa shape index (κ2) is 8.52. The fraction of sp³-hybridized carbons (Fsp3) is 0.650. The maximum absolute atomic E-state index is 12.2. The molecule has 0 amide bonds. The first-order valence-electron chi connectivity index (χ1n) is 9.33. The molecule has 1 aliphatic carbocycles. The molecule has 0 aromatic heterocycles. The Balaban J connectivity index is 1.83. The fourth-order valence-corrected chi connectivity index (χ4v) is 4.61. The molecule has 2 fully saturated rings. The Morgan fingerprint density at radius 1 is 1.16 bits per heavy atom. The molecule has 1 saturated heterocycles. The summed E-state index contributed by atoms with van der Waals surface area (Å²) in [5.74, 6) is 0.838. The van der Waals surface area contributed by atoms with E-state index in [9.17, 15) is 4.79 Å². The SMILES string of the molecule is C[C@@H]1OC(=O)[C@@H](N)COC[C@H](Cc2ccc(Cl)cc2)[C@H]1C1CCCC1. The van der Waals surface area contributed by atoms with Crippen LogP contribution in [0, 0.1) is 17.8 Å². The summed E-state index contributed by atoms with van der Waals surface area (Å²) in [5, 5.41) is 0.745. The van der Waals surface area contributed by atoms with E-state index in [0.717, 1.165) is 11.4 Å². The highest BCUT2D eigenvalue weighted by molar-refractivity contribution is 6.30. The van der Waals surface area contributed by atoms with E-state index in [0.29, 0.717) is 24.4 Å². The molecule has 4 atom stereocenters. The first kappa shape index (κ1) is 18.7. The maximum atomic E-state index is 12.2. The van der Waals surface area contributed by atoms with Crippen molar-refractivity contribution in [1.82, 2.24) is 0 Å². The summed E-state index contributed by atoms with van der Waals surface area (Å²) >= 11 is 6.02. The summed E-state index contributed by atoms with van der Waals surface area (Å²) in [6.45, 7) is 2.85. The van der Waals surface area contributed by atoms with Crippen LogP contribution in [0.2, 0.25) is 5.02 Å². The predicted molar refractivity (Wildman–Crippen MR) is 98.4 cm³/mol. The van der Waals surface area contributed by atoms with Crippen LogP contribution in [0.4, 0.5) is 0 Å².